The number of carboxylic acids is 2. The van der Waals surface area contributed by atoms with Gasteiger partial charge in [-0.25, -0.2) is 9.59 Å². The lowest BCUT2D eigenvalue weighted by atomic mass is 9.33. The first kappa shape index (κ1) is 49.6. The molecule has 7 aliphatic rings. The molecule has 2 saturated heterocycles. The summed E-state index contributed by atoms with van der Waals surface area (Å²) < 4.78 is 28.9. The predicted octanol–water partition coefficient (Wildman–Crippen LogP) is 1.24. The minimum Gasteiger partial charge on any atom is -0.480 e. The summed E-state index contributed by atoms with van der Waals surface area (Å²) in [5.41, 5.74) is -4.17. The van der Waals surface area contributed by atoms with E-state index in [1.165, 1.54) is 5.57 Å². The molecular formula is C46H72O18. The summed E-state index contributed by atoms with van der Waals surface area (Å²) >= 11 is 0. The molecule has 0 aromatic rings. The molecule has 0 spiro atoms. The highest BCUT2D eigenvalue weighted by Crippen LogP contribution is 2.76. The smallest absolute Gasteiger partial charge is 0.336 e. The highest BCUT2D eigenvalue weighted by Gasteiger charge is 2.72. The lowest BCUT2D eigenvalue weighted by molar-refractivity contribution is -0.369. The number of carbonyl (C=O) groups excluding carboxylic acids is 1. The molecule has 18 nitrogen and oxygen atoms in total. The summed E-state index contributed by atoms with van der Waals surface area (Å²) in [5, 5.41) is 106. The van der Waals surface area contributed by atoms with Crippen LogP contribution in [0.4, 0.5) is 0 Å². The van der Waals surface area contributed by atoms with Crippen LogP contribution in [0.25, 0.3) is 0 Å². The molecule has 0 aromatic heterocycles. The van der Waals surface area contributed by atoms with Gasteiger partial charge >= 0.3 is 17.9 Å². The van der Waals surface area contributed by atoms with Crippen molar-refractivity contribution >= 4 is 17.9 Å². The number of aliphatic hydroxyl groups excluding tert-OH is 8. The van der Waals surface area contributed by atoms with Gasteiger partial charge in [-0.3, -0.25) is 4.79 Å². The third-order valence-electron chi connectivity index (χ3n) is 18.4. The highest BCUT2D eigenvalue weighted by atomic mass is 16.7. The van der Waals surface area contributed by atoms with Crippen molar-refractivity contribution in [2.75, 3.05) is 19.8 Å². The second-order valence-electron chi connectivity index (χ2n) is 22.4. The van der Waals surface area contributed by atoms with Crippen LogP contribution in [0.2, 0.25) is 0 Å². The van der Waals surface area contributed by atoms with E-state index in [2.05, 4.69) is 40.7 Å². The van der Waals surface area contributed by atoms with E-state index < -0.39 is 122 Å². The van der Waals surface area contributed by atoms with Gasteiger partial charge in [0, 0.05) is 0 Å². The zero-order valence-electron chi connectivity index (χ0n) is 38.1. The van der Waals surface area contributed by atoms with E-state index >= 15 is 0 Å². The van der Waals surface area contributed by atoms with Gasteiger partial charge in [-0.1, -0.05) is 60.1 Å². The second-order valence-corrected chi connectivity index (χ2v) is 22.4. The van der Waals surface area contributed by atoms with Gasteiger partial charge < -0.3 is 74.7 Å². The number of hydrogen-bond donors (Lipinski definition) is 10. The summed E-state index contributed by atoms with van der Waals surface area (Å²) in [6.45, 7) is 12.8. The molecular weight excluding hydrogens is 840 g/mol. The number of carbonyl (C=O) groups is 3. The minimum atomic E-state index is -2.66. The van der Waals surface area contributed by atoms with Crippen molar-refractivity contribution in [3.63, 3.8) is 0 Å². The molecule has 0 radical (unpaired) electrons. The topological polar surface area (TPSA) is 300 Å². The lowest BCUT2D eigenvalue weighted by Crippen LogP contribution is -2.76. The van der Waals surface area contributed by atoms with Gasteiger partial charge in [0.25, 0.3) is 0 Å². The molecule has 7 rings (SSSR count). The number of aliphatic hydroxyl groups is 8. The summed E-state index contributed by atoms with van der Waals surface area (Å²) in [5.74, 6) is -3.91. The number of rotatable bonds is 11. The molecule has 10 N–H and O–H groups in total. The van der Waals surface area contributed by atoms with E-state index in [1.54, 1.807) is 0 Å². The zero-order valence-corrected chi connectivity index (χ0v) is 38.1. The molecule has 2 heterocycles. The molecule has 5 aliphatic carbocycles. The van der Waals surface area contributed by atoms with Gasteiger partial charge in [-0.05, 0) is 109 Å². The summed E-state index contributed by atoms with van der Waals surface area (Å²) in [6.07, 6.45) is -10.3. The first-order valence-electron chi connectivity index (χ1n) is 23.0. The fourth-order valence-corrected chi connectivity index (χ4v) is 14.7. The molecule has 4 saturated carbocycles. The van der Waals surface area contributed by atoms with Crippen LogP contribution in [0.3, 0.4) is 0 Å². The average molecular weight is 913 g/mol. The standard InChI is InChI=1S/C46H72O18/c1-40(2)14-16-45(39(59)63-38-32(53)31(52)30(51)24(19-47)62-38)17-15-43(6)22(23(45)18-40)8-9-27-42(5)12-11-28(41(3,4)26(42)10-13-44(27,43)7)64-46(35(36(56)57)60-21-29(49)50)33(54)25(20-48)61-37(58)34(46)55/h8,23-28,30-35,37-38,47-48,51-55,58H,9-21H2,1-7H3,(H,49,50)(H,56,57)/t23-,24+,25-,26+,27-,28+,30+,31-,32+,33-,34+,35+,37-,38-,42+,43-,44-,45+,46+/m1/s1. The Kier molecular flexibility index (Phi) is 13.2. The van der Waals surface area contributed by atoms with E-state index in [-0.39, 0.29) is 39.4 Å². The van der Waals surface area contributed by atoms with Crippen LogP contribution in [0.5, 0.6) is 0 Å². The third-order valence-corrected chi connectivity index (χ3v) is 18.4. The van der Waals surface area contributed by atoms with Crippen molar-refractivity contribution in [1.29, 1.82) is 0 Å². The molecule has 64 heavy (non-hydrogen) atoms. The molecule has 2 aliphatic heterocycles. The van der Waals surface area contributed by atoms with Crippen molar-refractivity contribution in [3.8, 4) is 0 Å². The number of aliphatic carboxylic acids is 2. The van der Waals surface area contributed by atoms with Crippen molar-refractivity contribution < 1.29 is 89.1 Å². The number of carboxylic acid groups (broad SMARTS) is 2. The normalized spacial score (nSPS) is 48.9. The van der Waals surface area contributed by atoms with Crippen molar-refractivity contribution in [3.05, 3.63) is 11.6 Å². The van der Waals surface area contributed by atoms with Crippen LogP contribution in [0, 0.1) is 50.2 Å². The second kappa shape index (κ2) is 17.0. The number of allylic oxidation sites excluding steroid dienone is 2. The molecule has 18 heteroatoms. The fraction of sp³-hybridized carbons (Fsp3) is 0.891. The molecule has 364 valence electrons. The number of ether oxygens (including phenoxy) is 5. The van der Waals surface area contributed by atoms with Crippen molar-refractivity contribution in [2.24, 2.45) is 50.2 Å². The van der Waals surface area contributed by atoms with Crippen LogP contribution in [0.1, 0.15) is 113 Å². The third kappa shape index (κ3) is 7.39. The van der Waals surface area contributed by atoms with Gasteiger partial charge in [0.1, 0.15) is 49.3 Å². The van der Waals surface area contributed by atoms with Gasteiger partial charge in [0.15, 0.2) is 18.0 Å². The van der Waals surface area contributed by atoms with Crippen LogP contribution in [0.15, 0.2) is 11.6 Å². The Balaban J connectivity index is 1.20. The predicted molar refractivity (Wildman–Crippen MR) is 221 cm³/mol. The first-order chi connectivity index (χ1) is 29.7. The summed E-state index contributed by atoms with van der Waals surface area (Å²) in [6, 6.07) is 0. The molecule has 0 unspecified atom stereocenters. The van der Waals surface area contributed by atoms with Crippen LogP contribution in [-0.2, 0) is 38.1 Å². The van der Waals surface area contributed by atoms with Crippen LogP contribution in [-0.4, -0.2) is 162 Å². The largest absolute Gasteiger partial charge is 0.480 e. The molecule has 6 fully saturated rings. The van der Waals surface area contributed by atoms with Crippen LogP contribution < -0.4 is 0 Å². The van der Waals surface area contributed by atoms with E-state index in [4.69, 9.17) is 23.7 Å². The summed E-state index contributed by atoms with van der Waals surface area (Å²) in [7, 11) is 0. The Morgan fingerprint density at radius 3 is 2.05 bits per heavy atom. The maximum atomic E-state index is 14.7. The van der Waals surface area contributed by atoms with Gasteiger partial charge in [-0.2, -0.15) is 0 Å². The van der Waals surface area contributed by atoms with E-state index in [1.807, 2.05) is 13.8 Å². The fourth-order valence-electron chi connectivity index (χ4n) is 14.7. The highest BCUT2D eigenvalue weighted by molar-refractivity contribution is 5.79. The number of esters is 1. The SMILES string of the molecule is CC1(C)CC[C@]2(C(=O)O[C@H]3O[C@@H](CO)[C@H](O)[C@@H](O)[C@@H]3O)CC[C@]3(C)C(=CC[C@@H]4[C@@]5(C)CC[C@H](O[C@@]6([C@@H](OCC(=O)O)C(=O)O)[C@H](O)[C@@H](CO)O[C@@H](O)[C@@H]6O)C(C)(C)[C@@H]5CC[C@]43C)[C@H]2C1. The quantitative estimate of drug-likeness (QED) is 0.103. The summed E-state index contributed by atoms with van der Waals surface area (Å²) in [4.78, 5) is 39.1. The molecule has 0 amide bonds. The zero-order chi connectivity index (χ0) is 47.3. The van der Waals surface area contributed by atoms with Gasteiger partial charge in [0.05, 0.1) is 24.7 Å². The van der Waals surface area contributed by atoms with E-state index in [0.717, 1.165) is 25.7 Å². The van der Waals surface area contributed by atoms with Gasteiger partial charge in [0.2, 0.25) is 6.29 Å². The molecule has 0 bridgehead atoms. The Labute approximate surface area is 373 Å². The monoisotopic (exact) mass is 912 g/mol. The maximum Gasteiger partial charge on any atom is 0.336 e. The minimum absolute atomic E-state index is 0.0480. The Morgan fingerprint density at radius 2 is 1.42 bits per heavy atom. The molecule has 19 atom stereocenters. The maximum absolute atomic E-state index is 14.7. The lowest BCUT2D eigenvalue weighted by Gasteiger charge is -2.71. The first-order valence-corrected chi connectivity index (χ1v) is 23.0. The molecule has 0 aromatic carbocycles. The number of fused-ring (bicyclic) bond motifs is 7. The van der Waals surface area contributed by atoms with Crippen molar-refractivity contribution in [2.45, 2.75) is 186 Å². The van der Waals surface area contributed by atoms with Gasteiger partial charge in [-0.15, -0.1) is 0 Å². The van der Waals surface area contributed by atoms with E-state index in [0.29, 0.717) is 38.5 Å². The Morgan fingerprint density at radius 1 is 0.766 bits per heavy atom. The average Bonchev–Trinajstić information content (AvgIpc) is 3.22. The Bertz CT molecular complexity index is 1820. The number of hydrogen-bond acceptors (Lipinski definition) is 16. The van der Waals surface area contributed by atoms with E-state index in [9.17, 15) is 65.4 Å². The Hall–Kier alpha value is -2.33. The van der Waals surface area contributed by atoms with Crippen LogP contribution >= 0.6 is 0 Å². The van der Waals surface area contributed by atoms with Crippen molar-refractivity contribution in [1.82, 2.24) is 0 Å².